The standard InChI is InChI=1S/C14H21N3O/c1-11(2)14(18)17-8-3-5-12(10-17)9-13-15-6-4-7-16-13/h4,6-7,11-12H,3,5,8-10H2,1-2H3/t12-/m1/s1. The lowest BCUT2D eigenvalue weighted by molar-refractivity contribution is -0.136. The zero-order valence-electron chi connectivity index (χ0n) is 11.2. The number of piperidine rings is 1. The molecule has 1 amide bonds. The van der Waals surface area contributed by atoms with Crippen LogP contribution in [0.15, 0.2) is 18.5 Å². The molecule has 1 atom stereocenters. The highest BCUT2D eigenvalue weighted by molar-refractivity contribution is 5.78. The highest BCUT2D eigenvalue weighted by atomic mass is 16.2. The normalized spacial score (nSPS) is 20.2. The number of nitrogens with zero attached hydrogens (tertiary/aromatic N) is 3. The molecule has 0 spiro atoms. The number of rotatable bonds is 3. The lowest BCUT2D eigenvalue weighted by Crippen LogP contribution is -2.42. The molecule has 0 bridgehead atoms. The Morgan fingerprint density at radius 2 is 2.17 bits per heavy atom. The number of likely N-dealkylation sites (tertiary alicyclic amines) is 1. The zero-order valence-corrected chi connectivity index (χ0v) is 11.2. The summed E-state index contributed by atoms with van der Waals surface area (Å²) in [4.78, 5) is 22.5. The van der Waals surface area contributed by atoms with Crippen molar-refractivity contribution in [3.63, 3.8) is 0 Å². The van der Waals surface area contributed by atoms with Gasteiger partial charge in [-0.2, -0.15) is 0 Å². The van der Waals surface area contributed by atoms with Gasteiger partial charge in [-0.05, 0) is 24.8 Å². The Kier molecular flexibility index (Phi) is 4.28. The van der Waals surface area contributed by atoms with Crippen LogP contribution in [0, 0.1) is 11.8 Å². The van der Waals surface area contributed by atoms with Crippen LogP contribution in [-0.4, -0.2) is 33.9 Å². The second-order valence-electron chi connectivity index (χ2n) is 5.32. The van der Waals surface area contributed by atoms with Gasteiger partial charge in [-0.3, -0.25) is 4.79 Å². The van der Waals surface area contributed by atoms with Gasteiger partial charge in [0.1, 0.15) is 5.82 Å². The summed E-state index contributed by atoms with van der Waals surface area (Å²) in [5.74, 6) is 1.76. The predicted molar refractivity (Wildman–Crippen MR) is 69.9 cm³/mol. The van der Waals surface area contributed by atoms with Gasteiger partial charge < -0.3 is 4.90 Å². The van der Waals surface area contributed by atoms with E-state index in [4.69, 9.17) is 0 Å². The van der Waals surface area contributed by atoms with E-state index in [9.17, 15) is 4.79 Å². The van der Waals surface area contributed by atoms with Crippen LogP contribution in [0.1, 0.15) is 32.5 Å². The molecule has 4 nitrogen and oxygen atoms in total. The lowest BCUT2D eigenvalue weighted by Gasteiger charge is -2.33. The molecule has 0 aromatic carbocycles. The van der Waals surface area contributed by atoms with E-state index in [1.54, 1.807) is 12.4 Å². The van der Waals surface area contributed by atoms with Crippen molar-refractivity contribution >= 4 is 5.91 Å². The van der Waals surface area contributed by atoms with Crippen molar-refractivity contribution in [1.82, 2.24) is 14.9 Å². The minimum Gasteiger partial charge on any atom is -0.342 e. The van der Waals surface area contributed by atoms with E-state index in [1.807, 2.05) is 24.8 Å². The van der Waals surface area contributed by atoms with Crippen LogP contribution in [-0.2, 0) is 11.2 Å². The maximum absolute atomic E-state index is 12.0. The number of amides is 1. The van der Waals surface area contributed by atoms with Crippen LogP contribution in [0.25, 0.3) is 0 Å². The van der Waals surface area contributed by atoms with E-state index in [2.05, 4.69) is 9.97 Å². The SMILES string of the molecule is CC(C)C(=O)N1CCC[C@H](Cc2ncccn2)C1. The Bertz CT molecular complexity index is 391. The van der Waals surface area contributed by atoms with E-state index in [0.29, 0.717) is 5.92 Å². The first-order chi connectivity index (χ1) is 8.66. The monoisotopic (exact) mass is 247 g/mol. The van der Waals surface area contributed by atoms with Crippen molar-refractivity contribution < 1.29 is 4.79 Å². The van der Waals surface area contributed by atoms with Gasteiger partial charge in [0.2, 0.25) is 5.91 Å². The maximum atomic E-state index is 12.0. The summed E-state index contributed by atoms with van der Waals surface area (Å²) >= 11 is 0. The van der Waals surface area contributed by atoms with Gasteiger partial charge in [0.05, 0.1) is 0 Å². The van der Waals surface area contributed by atoms with Gasteiger partial charge in [-0.1, -0.05) is 13.8 Å². The second kappa shape index (κ2) is 5.94. The summed E-state index contributed by atoms with van der Waals surface area (Å²) in [5, 5.41) is 0. The fourth-order valence-electron chi connectivity index (χ4n) is 2.49. The fraction of sp³-hybridized carbons (Fsp3) is 0.643. The van der Waals surface area contributed by atoms with E-state index in [1.165, 1.54) is 6.42 Å². The molecule has 0 radical (unpaired) electrons. The summed E-state index contributed by atoms with van der Waals surface area (Å²) in [6, 6.07) is 1.83. The molecular weight excluding hydrogens is 226 g/mol. The summed E-state index contributed by atoms with van der Waals surface area (Å²) < 4.78 is 0. The minimum atomic E-state index is 0.0942. The molecule has 0 N–H and O–H groups in total. The maximum Gasteiger partial charge on any atom is 0.225 e. The molecule has 4 heteroatoms. The van der Waals surface area contributed by atoms with E-state index < -0.39 is 0 Å². The van der Waals surface area contributed by atoms with Crippen molar-refractivity contribution in [2.45, 2.75) is 33.1 Å². The number of hydrogen-bond acceptors (Lipinski definition) is 3. The first-order valence-electron chi connectivity index (χ1n) is 6.71. The third kappa shape index (κ3) is 3.28. The van der Waals surface area contributed by atoms with E-state index in [0.717, 1.165) is 31.8 Å². The Morgan fingerprint density at radius 3 is 2.83 bits per heavy atom. The van der Waals surface area contributed by atoms with Crippen molar-refractivity contribution in [2.75, 3.05) is 13.1 Å². The first-order valence-corrected chi connectivity index (χ1v) is 6.71. The van der Waals surface area contributed by atoms with Crippen LogP contribution < -0.4 is 0 Å². The fourth-order valence-corrected chi connectivity index (χ4v) is 2.49. The summed E-state index contributed by atoms with van der Waals surface area (Å²) in [6.07, 6.45) is 6.70. The largest absolute Gasteiger partial charge is 0.342 e. The highest BCUT2D eigenvalue weighted by Gasteiger charge is 2.25. The highest BCUT2D eigenvalue weighted by Crippen LogP contribution is 2.20. The number of carbonyl (C=O) groups excluding carboxylic acids is 1. The smallest absolute Gasteiger partial charge is 0.225 e. The Balaban J connectivity index is 1.93. The minimum absolute atomic E-state index is 0.0942. The van der Waals surface area contributed by atoms with E-state index >= 15 is 0 Å². The molecule has 1 aliphatic rings. The Morgan fingerprint density at radius 1 is 1.44 bits per heavy atom. The molecule has 2 rings (SSSR count). The molecule has 1 fully saturated rings. The molecular formula is C14H21N3O. The second-order valence-corrected chi connectivity index (χ2v) is 5.32. The van der Waals surface area contributed by atoms with Gasteiger partial charge in [0, 0.05) is 37.8 Å². The third-order valence-electron chi connectivity index (χ3n) is 3.42. The predicted octanol–water partition coefficient (Wildman–Crippen LogP) is 1.91. The van der Waals surface area contributed by atoms with Gasteiger partial charge >= 0.3 is 0 Å². The lowest BCUT2D eigenvalue weighted by atomic mass is 9.93. The van der Waals surface area contributed by atoms with Crippen molar-refractivity contribution in [3.05, 3.63) is 24.3 Å². The topological polar surface area (TPSA) is 46.1 Å². The molecule has 18 heavy (non-hydrogen) atoms. The van der Waals surface area contributed by atoms with Crippen molar-refractivity contribution in [2.24, 2.45) is 11.8 Å². The summed E-state index contributed by atoms with van der Waals surface area (Å²) in [7, 11) is 0. The summed E-state index contributed by atoms with van der Waals surface area (Å²) in [6.45, 7) is 5.69. The molecule has 2 heterocycles. The van der Waals surface area contributed by atoms with Gasteiger partial charge in [0.25, 0.3) is 0 Å². The van der Waals surface area contributed by atoms with E-state index in [-0.39, 0.29) is 11.8 Å². The van der Waals surface area contributed by atoms with Crippen LogP contribution in [0.3, 0.4) is 0 Å². The average molecular weight is 247 g/mol. The van der Waals surface area contributed by atoms with Crippen molar-refractivity contribution in [1.29, 1.82) is 0 Å². The molecule has 1 aromatic heterocycles. The van der Waals surface area contributed by atoms with Gasteiger partial charge in [0.15, 0.2) is 0 Å². The summed E-state index contributed by atoms with van der Waals surface area (Å²) in [5.41, 5.74) is 0. The van der Waals surface area contributed by atoms with Crippen LogP contribution in [0.2, 0.25) is 0 Å². The number of carbonyl (C=O) groups is 1. The average Bonchev–Trinajstić information content (AvgIpc) is 2.39. The van der Waals surface area contributed by atoms with Gasteiger partial charge in [-0.15, -0.1) is 0 Å². The first kappa shape index (κ1) is 13.0. The number of hydrogen-bond donors (Lipinski definition) is 0. The molecule has 98 valence electrons. The third-order valence-corrected chi connectivity index (χ3v) is 3.42. The van der Waals surface area contributed by atoms with Crippen LogP contribution in [0.4, 0.5) is 0 Å². The zero-order chi connectivity index (χ0) is 13.0. The molecule has 0 aliphatic carbocycles. The molecule has 0 saturated carbocycles. The van der Waals surface area contributed by atoms with Crippen LogP contribution in [0.5, 0.6) is 0 Å². The molecule has 0 unspecified atom stereocenters. The molecule has 1 aromatic rings. The van der Waals surface area contributed by atoms with Gasteiger partial charge in [-0.25, -0.2) is 9.97 Å². The quantitative estimate of drug-likeness (QED) is 0.819. The van der Waals surface area contributed by atoms with Crippen molar-refractivity contribution in [3.8, 4) is 0 Å². The number of aromatic nitrogens is 2. The Labute approximate surface area is 108 Å². The van der Waals surface area contributed by atoms with Crippen LogP contribution >= 0.6 is 0 Å². The molecule has 1 saturated heterocycles. The molecule has 1 aliphatic heterocycles. The Hall–Kier alpha value is -1.45.